The molecule has 1 aliphatic heterocycles. The predicted molar refractivity (Wildman–Crippen MR) is 75.0 cm³/mol. The molecule has 1 aromatic heterocycles. The minimum Gasteiger partial charge on any atom is -0.387 e. The maximum absolute atomic E-state index is 10.8. The molecule has 2 atom stereocenters. The monoisotopic (exact) mass is 277 g/mol. The van der Waals surface area contributed by atoms with Gasteiger partial charge in [-0.05, 0) is 12.8 Å². The van der Waals surface area contributed by atoms with E-state index in [1.807, 2.05) is 13.2 Å². The molecular weight excluding hydrogens is 254 g/mol. The highest BCUT2D eigenvalue weighted by Crippen LogP contribution is 2.43. The maximum atomic E-state index is 10.8. The Morgan fingerprint density at radius 2 is 2.25 bits per heavy atom. The molecule has 0 spiro atoms. The van der Waals surface area contributed by atoms with E-state index in [1.165, 1.54) is 0 Å². The molecule has 0 radical (unpaired) electrons. The Morgan fingerprint density at radius 3 is 2.75 bits per heavy atom. The topological polar surface area (TPSA) is 71.1 Å². The minimum atomic E-state index is -0.865. The lowest BCUT2D eigenvalue weighted by molar-refractivity contribution is -0.0511. The molecular formula is C15H23N3O2. The van der Waals surface area contributed by atoms with Gasteiger partial charge in [0.2, 0.25) is 0 Å². The van der Waals surface area contributed by atoms with Gasteiger partial charge in [0.05, 0.1) is 18.4 Å². The van der Waals surface area contributed by atoms with Crippen LogP contribution in [-0.4, -0.2) is 28.1 Å². The van der Waals surface area contributed by atoms with Crippen molar-refractivity contribution in [3.8, 4) is 6.07 Å². The van der Waals surface area contributed by atoms with Crippen LogP contribution in [-0.2, 0) is 17.2 Å². The van der Waals surface area contributed by atoms with Gasteiger partial charge in [0.25, 0.3) is 0 Å². The van der Waals surface area contributed by atoms with Gasteiger partial charge in [0, 0.05) is 30.8 Å². The van der Waals surface area contributed by atoms with Crippen molar-refractivity contribution in [3.05, 3.63) is 17.5 Å². The molecule has 1 saturated heterocycles. The van der Waals surface area contributed by atoms with Crippen molar-refractivity contribution in [1.29, 1.82) is 5.26 Å². The molecule has 2 rings (SSSR count). The highest BCUT2D eigenvalue weighted by molar-refractivity contribution is 5.30. The number of aromatic nitrogens is 2. The minimum absolute atomic E-state index is 0.177. The van der Waals surface area contributed by atoms with Gasteiger partial charge >= 0.3 is 0 Å². The smallest absolute Gasteiger partial charge is 0.111 e. The molecule has 0 aliphatic carbocycles. The Kier molecular flexibility index (Phi) is 3.90. The first kappa shape index (κ1) is 15.0. The van der Waals surface area contributed by atoms with E-state index in [2.05, 4.69) is 31.9 Å². The van der Waals surface area contributed by atoms with Crippen molar-refractivity contribution in [3.63, 3.8) is 0 Å². The highest BCUT2D eigenvalue weighted by Gasteiger charge is 2.43. The molecule has 5 nitrogen and oxygen atoms in total. The van der Waals surface area contributed by atoms with Crippen LogP contribution in [0.3, 0.4) is 0 Å². The second kappa shape index (κ2) is 5.19. The lowest BCUT2D eigenvalue weighted by Crippen LogP contribution is -2.37. The second-order valence-corrected chi connectivity index (χ2v) is 6.68. The number of rotatable bonds is 2. The summed E-state index contributed by atoms with van der Waals surface area (Å²) in [4.78, 5) is 0. The molecule has 5 heteroatoms. The van der Waals surface area contributed by atoms with Crippen LogP contribution >= 0.6 is 0 Å². The molecule has 1 fully saturated rings. The van der Waals surface area contributed by atoms with Crippen LogP contribution in [0.25, 0.3) is 0 Å². The largest absolute Gasteiger partial charge is 0.387 e. The van der Waals surface area contributed by atoms with Crippen LogP contribution in [0.4, 0.5) is 0 Å². The summed E-state index contributed by atoms with van der Waals surface area (Å²) in [6.45, 7) is 7.12. The van der Waals surface area contributed by atoms with E-state index in [-0.39, 0.29) is 12.0 Å². The molecule has 1 aliphatic rings. The highest BCUT2D eigenvalue weighted by atomic mass is 16.5. The Balaban J connectivity index is 2.43. The Bertz CT molecular complexity index is 516. The van der Waals surface area contributed by atoms with Crippen molar-refractivity contribution in [2.75, 3.05) is 13.2 Å². The van der Waals surface area contributed by atoms with Gasteiger partial charge in [-0.3, -0.25) is 4.68 Å². The molecule has 1 N–H and O–H groups in total. The molecule has 0 aromatic carbocycles. The number of nitrogens with zero attached hydrogens (tertiary/aromatic N) is 3. The van der Waals surface area contributed by atoms with Crippen LogP contribution in [0.1, 0.15) is 51.0 Å². The summed E-state index contributed by atoms with van der Waals surface area (Å²) >= 11 is 0. The van der Waals surface area contributed by atoms with Crippen molar-refractivity contribution in [2.24, 2.45) is 12.5 Å². The van der Waals surface area contributed by atoms with Crippen molar-refractivity contribution in [2.45, 2.75) is 45.1 Å². The average molecular weight is 277 g/mol. The zero-order valence-electron chi connectivity index (χ0n) is 12.7. The number of aliphatic hydroxyl groups is 1. The summed E-state index contributed by atoms with van der Waals surface area (Å²) in [6.07, 6.45) is 2.41. The fourth-order valence-electron chi connectivity index (χ4n) is 2.77. The summed E-state index contributed by atoms with van der Waals surface area (Å²) in [7, 11) is 1.84. The van der Waals surface area contributed by atoms with E-state index in [0.29, 0.717) is 13.0 Å². The summed E-state index contributed by atoms with van der Waals surface area (Å²) in [6, 6.07) is 2.29. The van der Waals surface area contributed by atoms with Gasteiger partial charge in [-0.25, -0.2) is 0 Å². The number of aryl methyl sites for hydroxylation is 1. The molecule has 0 saturated carbocycles. The molecule has 0 bridgehead atoms. The Labute approximate surface area is 120 Å². The van der Waals surface area contributed by atoms with Gasteiger partial charge in [0.15, 0.2) is 0 Å². The molecule has 110 valence electrons. The van der Waals surface area contributed by atoms with Crippen molar-refractivity contribution in [1.82, 2.24) is 9.78 Å². The molecule has 1 aromatic rings. The zero-order valence-corrected chi connectivity index (χ0v) is 12.7. The third kappa shape index (κ3) is 2.58. The van der Waals surface area contributed by atoms with Crippen LogP contribution in [0.15, 0.2) is 6.20 Å². The van der Waals surface area contributed by atoms with E-state index in [1.54, 1.807) is 4.68 Å². The third-order valence-corrected chi connectivity index (χ3v) is 3.88. The summed E-state index contributed by atoms with van der Waals surface area (Å²) in [5.74, 6) is 0. The molecule has 0 amide bonds. The van der Waals surface area contributed by atoms with Gasteiger partial charge in [0.1, 0.15) is 11.5 Å². The van der Waals surface area contributed by atoms with Crippen LogP contribution < -0.4 is 0 Å². The summed E-state index contributed by atoms with van der Waals surface area (Å²) < 4.78 is 7.14. The SMILES string of the molecule is Cn1cc(C(O)C2(C#N)CCCOC2)c(C(C)(C)C)n1. The Hall–Kier alpha value is -1.38. The van der Waals surface area contributed by atoms with Crippen LogP contribution in [0.2, 0.25) is 0 Å². The number of ether oxygens (including phenoxy) is 1. The van der Waals surface area contributed by atoms with E-state index in [0.717, 1.165) is 17.7 Å². The van der Waals surface area contributed by atoms with Gasteiger partial charge in [-0.2, -0.15) is 10.4 Å². The van der Waals surface area contributed by atoms with Gasteiger partial charge < -0.3 is 9.84 Å². The van der Waals surface area contributed by atoms with E-state index >= 15 is 0 Å². The van der Waals surface area contributed by atoms with Gasteiger partial charge in [-0.15, -0.1) is 0 Å². The normalized spacial score (nSPS) is 25.2. The Morgan fingerprint density at radius 1 is 1.55 bits per heavy atom. The second-order valence-electron chi connectivity index (χ2n) is 6.68. The van der Waals surface area contributed by atoms with E-state index in [9.17, 15) is 10.4 Å². The standard InChI is InChI=1S/C15H23N3O2/c1-14(2,3)12-11(8-18(4)17-12)13(19)15(9-16)6-5-7-20-10-15/h8,13,19H,5-7,10H2,1-4H3. The van der Waals surface area contributed by atoms with Crippen LogP contribution in [0, 0.1) is 16.7 Å². The molecule has 2 unspecified atom stereocenters. The van der Waals surface area contributed by atoms with E-state index in [4.69, 9.17) is 4.74 Å². The fourth-order valence-corrected chi connectivity index (χ4v) is 2.77. The number of hydrogen-bond acceptors (Lipinski definition) is 4. The first-order chi connectivity index (χ1) is 9.30. The number of nitriles is 1. The molecule has 20 heavy (non-hydrogen) atoms. The lowest BCUT2D eigenvalue weighted by atomic mass is 9.74. The lowest BCUT2D eigenvalue weighted by Gasteiger charge is -2.35. The van der Waals surface area contributed by atoms with Crippen molar-refractivity contribution < 1.29 is 9.84 Å². The average Bonchev–Trinajstić information content (AvgIpc) is 2.80. The molecule has 2 heterocycles. The van der Waals surface area contributed by atoms with Gasteiger partial charge in [-0.1, -0.05) is 20.8 Å². The van der Waals surface area contributed by atoms with Crippen molar-refractivity contribution >= 4 is 0 Å². The predicted octanol–water partition coefficient (Wildman–Crippen LogP) is 2.07. The summed E-state index contributed by atoms with van der Waals surface area (Å²) in [5.41, 5.74) is 0.546. The number of aliphatic hydroxyl groups excluding tert-OH is 1. The maximum Gasteiger partial charge on any atom is 0.111 e. The fraction of sp³-hybridized carbons (Fsp3) is 0.733. The first-order valence-electron chi connectivity index (χ1n) is 7.01. The summed E-state index contributed by atoms with van der Waals surface area (Å²) in [5, 5.41) is 24.8. The van der Waals surface area contributed by atoms with Crippen LogP contribution in [0.5, 0.6) is 0 Å². The zero-order chi connectivity index (χ0) is 15.0. The third-order valence-electron chi connectivity index (χ3n) is 3.88. The number of hydrogen-bond donors (Lipinski definition) is 1. The quantitative estimate of drug-likeness (QED) is 0.898. The first-order valence-corrected chi connectivity index (χ1v) is 7.01. The van der Waals surface area contributed by atoms with E-state index < -0.39 is 11.5 Å².